The highest BCUT2D eigenvalue weighted by atomic mass is 16.5. The summed E-state index contributed by atoms with van der Waals surface area (Å²) < 4.78 is 10.7. The average Bonchev–Trinajstić information content (AvgIpc) is 3.03. The van der Waals surface area contributed by atoms with Crippen molar-refractivity contribution in [1.82, 2.24) is 20.4 Å². The number of hydrogen-bond acceptors (Lipinski definition) is 7. The van der Waals surface area contributed by atoms with Gasteiger partial charge in [-0.2, -0.15) is 0 Å². The van der Waals surface area contributed by atoms with Crippen molar-refractivity contribution in [3.63, 3.8) is 0 Å². The fourth-order valence-corrected chi connectivity index (χ4v) is 2.65. The molecule has 130 valence electrons. The first-order chi connectivity index (χ1) is 11.7. The van der Waals surface area contributed by atoms with E-state index in [0.717, 1.165) is 55.7 Å². The summed E-state index contributed by atoms with van der Waals surface area (Å²) in [5.74, 6) is 2.21. The normalized spacial score (nSPS) is 15.2. The van der Waals surface area contributed by atoms with Crippen LogP contribution in [0.3, 0.4) is 0 Å². The first kappa shape index (κ1) is 16.9. The molecule has 0 spiro atoms. The smallest absolute Gasteiger partial charge is 0.225 e. The van der Waals surface area contributed by atoms with Gasteiger partial charge in [0.05, 0.1) is 25.5 Å². The van der Waals surface area contributed by atoms with E-state index in [9.17, 15) is 0 Å². The number of nitrogens with one attached hydrogen (secondary N) is 1. The lowest BCUT2D eigenvalue weighted by Gasteiger charge is -2.26. The van der Waals surface area contributed by atoms with Crippen LogP contribution in [0, 0.1) is 5.92 Å². The van der Waals surface area contributed by atoms with Gasteiger partial charge in [0.15, 0.2) is 5.76 Å². The van der Waals surface area contributed by atoms with Crippen molar-refractivity contribution in [1.29, 1.82) is 0 Å². The largest absolute Gasteiger partial charge is 0.378 e. The number of ether oxygens (including phenoxy) is 1. The van der Waals surface area contributed by atoms with Gasteiger partial charge >= 0.3 is 0 Å². The zero-order valence-electron chi connectivity index (χ0n) is 14.4. The van der Waals surface area contributed by atoms with E-state index in [1.165, 1.54) is 0 Å². The Kier molecular flexibility index (Phi) is 5.77. The number of hydrogen-bond donors (Lipinski definition) is 1. The molecule has 0 radical (unpaired) electrons. The molecule has 7 heteroatoms. The molecule has 7 nitrogen and oxygen atoms in total. The first-order valence-corrected chi connectivity index (χ1v) is 8.49. The van der Waals surface area contributed by atoms with Crippen molar-refractivity contribution in [3.05, 3.63) is 35.5 Å². The van der Waals surface area contributed by atoms with Crippen LogP contribution in [0.2, 0.25) is 0 Å². The van der Waals surface area contributed by atoms with Crippen LogP contribution in [-0.2, 0) is 24.2 Å². The van der Waals surface area contributed by atoms with Crippen LogP contribution in [0.25, 0.3) is 0 Å². The first-order valence-electron chi connectivity index (χ1n) is 8.49. The molecule has 0 unspecified atom stereocenters. The van der Waals surface area contributed by atoms with Crippen molar-refractivity contribution < 1.29 is 9.26 Å². The zero-order valence-corrected chi connectivity index (χ0v) is 14.4. The van der Waals surface area contributed by atoms with Crippen LogP contribution in [0.15, 0.2) is 23.0 Å². The highest BCUT2D eigenvalue weighted by Crippen LogP contribution is 2.11. The zero-order chi connectivity index (χ0) is 16.8. The van der Waals surface area contributed by atoms with Crippen LogP contribution in [0.5, 0.6) is 0 Å². The Morgan fingerprint density at radius 1 is 1.17 bits per heavy atom. The molecule has 24 heavy (non-hydrogen) atoms. The fraction of sp³-hybridized carbons (Fsp3) is 0.588. The van der Waals surface area contributed by atoms with Gasteiger partial charge in [0, 0.05) is 43.7 Å². The molecule has 0 saturated carbocycles. The number of rotatable bonds is 7. The lowest BCUT2D eigenvalue weighted by Crippen LogP contribution is -2.37. The lowest BCUT2D eigenvalue weighted by atomic mass is 10.1. The number of aromatic nitrogens is 3. The minimum Gasteiger partial charge on any atom is -0.378 e. The third kappa shape index (κ3) is 4.75. The predicted octanol–water partition coefficient (Wildman–Crippen LogP) is 1.79. The summed E-state index contributed by atoms with van der Waals surface area (Å²) in [6.45, 7) is 8.87. The second kappa shape index (κ2) is 8.21. The van der Waals surface area contributed by atoms with Gasteiger partial charge in [0.1, 0.15) is 0 Å². The van der Waals surface area contributed by atoms with E-state index in [4.69, 9.17) is 9.26 Å². The van der Waals surface area contributed by atoms with Gasteiger partial charge in [-0.15, -0.1) is 0 Å². The van der Waals surface area contributed by atoms with Crippen molar-refractivity contribution in [2.24, 2.45) is 5.92 Å². The van der Waals surface area contributed by atoms with Crippen molar-refractivity contribution in [2.75, 3.05) is 31.2 Å². The molecule has 1 fully saturated rings. The molecule has 0 bridgehead atoms. The summed E-state index contributed by atoms with van der Waals surface area (Å²) in [7, 11) is 0. The Labute approximate surface area is 142 Å². The molecular formula is C17H25N5O2. The van der Waals surface area contributed by atoms with Crippen LogP contribution in [0.4, 0.5) is 5.95 Å². The van der Waals surface area contributed by atoms with Gasteiger partial charge in [-0.25, -0.2) is 9.97 Å². The highest BCUT2D eigenvalue weighted by Gasteiger charge is 2.13. The van der Waals surface area contributed by atoms with Gasteiger partial charge in [-0.3, -0.25) is 0 Å². The van der Waals surface area contributed by atoms with Crippen molar-refractivity contribution >= 4 is 5.95 Å². The predicted molar refractivity (Wildman–Crippen MR) is 90.7 cm³/mol. The topological polar surface area (TPSA) is 76.3 Å². The maximum atomic E-state index is 5.34. The van der Waals surface area contributed by atoms with Gasteiger partial charge in [0.2, 0.25) is 5.95 Å². The Bertz CT molecular complexity index is 620. The second-order valence-electron chi connectivity index (χ2n) is 6.48. The minimum absolute atomic E-state index is 0.582. The molecule has 1 N–H and O–H groups in total. The third-order valence-electron chi connectivity index (χ3n) is 3.84. The summed E-state index contributed by atoms with van der Waals surface area (Å²) in [5, 5.41) is 7.43. The SMILES string of the molecule is CC(C)Cc1cc(CNCc2cnc(N3CCOCC3)nc2)on1. The number of anilines is 1. The lowest BCUT2D eigenvalue weighted by molar-refractivity contribution is 0.122. The fourth-order valence-electron chi connectivity index (χ4n) is 2.65. The minimum atomic E-state index is 0.582. The van der Waals surface area contributed by atoms with E-state index in [1.54, 1.807) is 0 Å². The van der Waals surface area contributed by atoms with Crippen LogP contribution >= 0.6 is 0 Å². The second-order valence-corrected chi connectivity index (χ2v) is 6.48. The summed E-state index contributed by atoms with van der Waals surface area (Å²) in [5.41, 5.74) is 2.06. The summed E-state index contributed by atoms with van der Waals surface area (Å²) >= 11 is 0. The maximum absolute atomic E-state index is 5.34. The van der Waals surface area contributed by atoms with Crippen molar-refractivity contribution in [2.45, 2.75) is 33.4 Å². The molecule has 0 aliphatic carbocycles. The summed E-state index contributed by atoms with van der Waals surface area (Å²) in [6, 6.07) is 2.02. The van der Waals surface area contributed by atoms with Gasteiger partial charge in [-0.1, -0.05) is 19.0 Å². The van der Waals surface area contributed by atoms with Gasteiger partial charge in [-0.05, 0) is 12.3 Å². The Morgan fingerprint density at radius 3 is 2.62 bits per heavy atom. The highest BCUT2D eigenvalue weighted by molar-refractivity contribution is 5.30. The van der Waals surface area contributed by atoms with Crippen LogP contribution < -0.4 is 10.2 Å². The molecule has 2 aromatic heterocycles. The van der Waals surface area contributed by atoms with E-state index in [2.05, 4.69) is 39.2 Å². The summed E-state index contributed by atoms with van der Waals surface area (Å²) in [6.07, 6.45) is 4.69. The van der Waals surface area contributed by atoms with E-state index in [1.807, 2.05) is 18.5 Å². The third-order valence-corrected chi connectivity index (χ3v) is 3.84. The maximum Gasteiger partial charge on any atom is 0.225 e. The Balaban J connectivity index is 1.45. The van der Waals surface area contributed by atoms with E-state index >= 15 is 0 Å². The number of nitrogens with zero attached hydrogens (tertiary/aromatic N) is 4. The molecule has 3 rings (SSSR count). The van der Waals surface area contributed by atoms with E-state index in [0.29, 0.717) is 19.0 Å². The monoisotopic (exact) mass is 331 g/mol. The quantitative estimate of drug-likeness (QED) is 0.829. The van der Waals surface area contributed by atoms with Crippen LogP contribution in [0.1, 0.15) is 30.9 Å². The number of morpholine rings is 1. The molecule has 1 aliphatic heterocycles. The van der Waals surface area contributed by atoms with Crippen LogP contribution in [-0.4, -0.2) is 41.4 Å². The molecule has 3 heterocycles. The Morgan fingerprint density at radius 2 is 1.92 bits per heavy atom. The summed E-state index contributed by atoms with van der Waals surface area (Å²) in [4.78, 5) is 11.0. The van der Waals surface area contributed by atoms with E-state index in [-0.39, 0.29) is 0 Å². The average molecular weight is 331 g/mol. The molecule has 0 amide bonds. The standard InChI is InChI=1S/C17H25N5O2/c1-13(2)7-15-8-16(24-21-15)12-18-9-14-10-19-17(20-11-14)22-3-5-23-6-4-22/h8,10-11,13,18H,3-7,9,12H2,1-2H3. The molecule has 1 aliphatic rings. The molecule has 0 aromatic carbocycles. The molecule has 0 atom stereocenters. The van der Waals surface area contributed by atoms with E-state index < -0.39 is 0 Å². The van der Waals surface area contributed by atoms with Gasteiger partial charge in [0.25, 0.3) is 0 Å². The molecule has 2 aromatic rings. The Hall–Kier alpha value is -1.99. The van der Waals surface area contributed by atoms with Crippen molar-refractivity contribution in [3.8, 4) is 0 Å². The van der Waals surface area contributed by atoms with Gasteiger partial charge < -0.3 is 19.5 Å². The molecule has 1 saturated heterocycles. The molecular weight excluding hydrogens is 306 g/mol.